The fraction of sp³-hybridized carbons (Fsp3) is 0. The Labute approximate surface area is 96.7 Å². The fourth-order valence-corrected chi connectivity index (χ4v) is 1.59. The largest absolute Gasteiger partial charge is 0.472 e. The molecule has 0 saturated carbocycles. The van der Waals surface area contributed by atoms with Gasteiger partial charge >= 0.3 is 0 Å². The van der Waals surface area contributed by atoms with Gasteiger partial charge in [0.05, 0.1) is 17.5 Å². The van der Waals surface area contributed by atoms with Crippen LogP contribution in [-0.2, 0) is 0 Å². The lowest BCUT2D eigenvalue weighted by Gasteiger charge is -2.03. The highest BCUT2D eigenvalue weighted by Crippen LogP contribution is 2.11. The third kappa shape index (κ3) is 1.78. The van der Waals surface area contributed by atoms with Gasteiger partial charge in [-0.15, -0.1) is 0 Å². The van der Waals surface area contributed by atoms with Crippen LogP contribution in [0.15, 0.2) is 53.7 Å². The van der Waals surface area contributed by atoms with Crippen LogP contribution in [0, 0.1) is 0 Å². The molecule has 5 nitrogen and oxygen atoms in total. The van der Waals surface area contributed by atoms with Crippen molar-refractivity contribution in [3.8, 4) is 0 Å². The van der Waals surface area contributed by atoms with Gasteiger partial charge in [-0.25, -0.2) is 4.98 Å². The fourth-order valence-electron chi connectivity index (χ4n) is 1.59. The van der Waals surface area contributed by atoms with Crippen molar-refractivity contribution in [1.29, 1.82) is 0 Å². The summed E-state index contributed by atoms with van der Waals surface area (Å²) >= 11 is 0. The molecule has 0 aromatic carbocycles. The van der Waals surface area contributed by atoms with Gasteiger partial charge in [0.2, 0.25) is 0 Å². The van der Waals surface area contributed by atoms with E-state index in [0.29, 0.717) is 11.3 Å². The highest BCUT2D eigenvalue weighted by molar-refractivity contribution is 6.03. The second kappa shape index (κ2) is 3.79. The lowest BCUT2D eigenvalue weighted by Crippen LogP contribution is -2.11. The molecule has 1 N–H and O–H groups in total. The molecule has 5 heteroatoms. The van der Waals surface area contributed by atoms with Crippen LogP contribution >= 0.6 is 0 Å². The molecule has 0 fully saturated rings. The maximum absolute atomic E-state index is 11.8. The summed E-state index contributed by atoms with van der Waals surface area (Å²) < 4.78 is 6.69. The summed E-state index contributed by atoms with van der Waals surface area (Å²) in [5.41, 5.74) is 2.05. The number of furan rings is 1. The molecular formula is C12H9N3O2. The zero-order chi connectivity index (χ0) is 11.7. The van der Waals surface area contributed by atoms with Crippen LogP contribution in [0.5, 0.6) is 0 Å². The summed E-state index contributed by atoms with van der Waals surface area (Å²) in [6.07, 6.45) is 8.21. The molecule has 17 heavy (non-hydrogen) atoms. The van der Waals surface area contributed by atoms with Crippen LogP contribution in [0.4, 0.5) is 5.69 Å². The third-order valence-corrected chi connectivity index (χ3v) is 2.43. The first-order valence-corrected chi connectivity index (χ1v) is 5.09. The predicted octanol–water partition coefficient (Wildman–Crippen LogP) is 2.18. The minimum absolute atomic E-state index is 0.196. The number of aromatic nitrogens is 2. The Bertz CT molecular complexity index is 655. The minimum atomic E-state index is -0.196. The summed E-state index contributed by atoms with van der Waals surface area (Å²) in [4.78, 5) is 15.9. The molecule has 1 amide bonds. The van der Waals surface area contributed by atoms with Crippen LogP contribution in [0.1, 0.15) is 10.4 Å². The van der Waals surface area contributed by atoms with E-state index in [4.69, 9.17) is 4.42 Å². The van der Waals surface area contributed by atoms with E-state index >= 15 is 0 Å². The van der Waals surface area contributed by atoms with Gasteiger partial charge in [-0.3, -0.25) is 4.79 Å². The van der Waals surface area contributed by atoms with Crippen molar-refractivity contribution < 1.29 is 9.21 Å². The topological polar surface area (TPSA) is 59.5 Å². The monoisotopic (exact) mass is 227 g/mol. The summed E-state index contributed by atoms with van der Waals surface area (Å²) in [7, 11) is 0. The molecule has 0 aliphatic heterocycles. The summed E-state index contributed by atoms with van der Waals surface area (Å²) in [6, 6.07) is 5.26. The van der Waals surface area contributed by atoms with E-state index in [2.05, 4.69) is 10.3 Å². The number of nitrogens with one attached hydrogen (secondary N) is 1. The van der Waals surface area contributed by atoms with E-state index in [-0.39, 0.29) is 5.91 Å². The van der Waals surface area contributed by atoms with Crippen LogP contribution < -0.4 is 5.32 Å². The van der Waals surface area contributed by atoms with Crippen molar-refractivity contribution in [2.75, 3.05) is 5.32 Å². The SMILES string of the molecule is O=C(Nc1ccc2nccn2c1)c1ccoc1. The van der Waals surface area contributed by atoms with Crippen molar-refractivity contribution >= 4 is 17.2 Å². The first-order chi connectivity index (χ1) is 8.33. The number of hydrogen-bond donors (Lipinski definition) is 1. The van der Waals surface area contributed by atoms with Crippen molar-refractivity contribution in [2.45, 2.75) is 0 Å². The van der Waals surface area contributed by atoms with Gasteiger partial charge in [-0.2, -0.15) is 0 Å². The van der Waals surface area contributed by atoms with Crippen molar-refractivity contribution in [1.82, 2.24) is 9.38 Å². The molecule has 3 aromatic heterocycles. The van der Waals surface area contributed by atoms with Crippen molar-refractivity contribution in [3.05, 3.63) is 54.9 Å². The lowest BCUT2D eigenvalue weighted by atomic mass is 10.3. The molecule has 0 aliphatic rings. The zero-order valence-corrected chi connectivity index (χ0v) is 8.83. The molecule has 0 unspecified atom stereocenters. The maximum Gasteiger partial charge on any atom is 0.258 e. The Kier molecular flexibility index (Phi) is 2.15. The van der Waals surface area contributed by atoms with E-state index in [1.165, 1.54) is 12.5 Å². The number of carbonyl (C=O) groups is 1. The van der Waals surface area contributed by atoms with E-state index < -0.39 is 0 Å². The summed E-state index contributed by atoms with van der Waals surface area (Å²) in [5.74, 6) is -0.196. The molecule has 0 spiro atoms. The molecule has 0 radical (unpaired) electrons. The molecule has 3 aromatic rings. The second-order valence-electron chi connectivity index (χ2n) is 3.58. The Morgan fingerprint density at radius 2 is 2.29 bits per heavy atom. The minimum Gasteiger partial charge on any atom is -0.472 e. The normalized spacial score (nSPS) is 10.6. The third-order valence-electron chi connectivity index (χ3n) is 2.43. The van der Waals surface area contributed by atoms with Crippen LogP contribution in [-0.4, -0.2) is 15.3 Å². The zero-order valence-electron chi connectivity index (χ0n) is 8.83. The van der Waals surface area contributed by atoms with E-state index in [9.17, 15) is 4.79 Å². The average Bonchev–Trinajstić information content (AvgIpc) is 2.99. The smallest absolute Gasteiger partial charge is 0.258 e. The van der Waals surface area contributed by atoms with Gasteiger partial charge in [0.25, 0.3) is 5.91 Å². The Morgan fingerprint density at radius 3 is 3.12 bits per heavy atom. The van der Waals surface area contributed by atoms with Crippen LogP contribution in [0.2, 0.25) is 0 Å². The Hall–Kier alpha value is -2.56. The highest BCUT2D eigenvalue weighted by atomic mass is 16.3. The second-order valence-corrected chi connectivity index (χ2v) is 3.58. The number of imidazole rings is 1. The average molecular weight is 227 g/mol. The Balaban J connectivity index is 1.87. The molecule has 0 atom stereocenters. The predicted molar refractivity (Wildman–Crippen MR) is 61.9 cm³/mol. The molecule has 3 rings (SSSR count). The molecule has 0 aliphatic carbocycles. The molecule has 0 saturated heterocycles. The lowest BCUT2D eigenvalue weighted by molar-refractivity contribution is 0.102. The molecule has 3 heterocycles. The number of amides is 1. The summed E-state index contributed by atoms with van der Waals surface area (Å²) in [5, 5.41) is 2.78. The van der Waals surface area contributed by atoms with Gasteiger partial charge in [-0.05, 0) is 18.2 Å². The van der Waals surface area contributed by atoms with Crippen molar-refractivity contribution in [2.24, 2.45) is 0 Å². The number of nitrogens with zero attached hydrogens (tertiary/aromatic N) is 2. The highest BCUT2D eigenvalue weighted by Gasteiger charge is 2.07. The van der Waals surface area contributed by atoms with Crippen LogP contribution in [0.3, 0.4) is 0 Å². The standard InChI is InChI=1S/C12H9N3O2/c16-12(9-3-6-17-8-9)14-10-1-2-11-13-4-5-15(11)7-10/h1-8H,(H,14,16). The van der Waals surface area contributed by atoms with E-state index in [0.717, 1.165) is 5.65 Å². The quantitative estimate of drug-likeness (QED) is 0.729. The number of fused-ring (bicyclic) bond motifs is 1. The maximum atomic E-state index is 11.8. The number of anilines is 1. The van der Waals surface area contributed by atoms with Crippen LogP contribution in [0.25, 0.3) is 5.65 Å². The van der Waals surface area contributed by atoms with Gasteiger partial charge in [-0.1, -0.05) is 0 Å². The number of hydrogen-bond acceptors (Lipinski definition) is 3. The van der Waals surface area contributed by atoms with Gasteiger partial charge in [0.15, 0.2) is 0 Å². The van der Waals surface area contributed by atoms with E-state index in [1.54, 1.807) is 24.5 Å². The summed E-state index contributed by atoms with van der Waals surface area (Å²) in [6.45, 7) is 0. The number of carbonyl (C=O) groups excluding carboxylic acids is 1. The first-order valence-electron chi connectivity index (χ1n) is 5.09. The van der Waals surface area contributed by atoms with Gasteiger partial charge in [0.1, 0.15) is 11.9 Å². The van der Waals surface area contributed by atoms with Crippen molar-refractivity contribution in [3.63, 3.8) is 0 Å². The first kappa shape index (κ1) is 9.65. The van der Waals surface area contributed by atoms with E-state index in [1.807, 2.05) is 16.7 Å². The van der Waals surface area contributed by atoms with Gasteiger partial charge < -0.3 is 14.1 Å². The molecule has 84 valence electrons. The number of pyridine rings is 1. The number of rotatable bonds is 2. The molecular weight excluding hydrogens is 218 g/mol. The Morgan fingerprint density at radius 1 is 1.35 bits per heavy atom. The van der Waals surface area contributed by atoms with Gasteiger partial charge in [0, 0.05) is 18.6 Å². The molecule has 0 bridgehead atoms.